The first-order chi connectivity index (χ1) is 17.0. The number of anilines is 1. The molecule has 2 aromatic rings. The average Bonchev–Trinajstić information content (AvgIpc) is 3.64. The Kier molecular flexibility index (Phi) is 3.62. The van der Waals surface area contributed by atoms with Crippen LogP contribution in [0.4, 0.5) is 5.69 Å². The molecule has 1 aliphatic carbocycles. The highest BCUT2D eigenvalue weighted by Crippen LogP contribution is 2.31. The molecule has 1 aromatic carbocycles. The number of aromatic nitrogens is 1. The van der Waals surface area contributed by atoms with Gasteiger partial charge < -0.3 is 15.1 Å². The fourth-order valence-electron chi connectivity index (χ4n) is 2.80. The van der Waals surface area contributed by atoms with E-state index in [1.807, 2.05) is 24.3 Å². The van der Waals surface area contributed by atoms with Gasteiger partial charge in [0.1, 0.15) is 5.69 Å². The minimum atomic E-state index is -3.25. The van der Waals surface area contributed by atoms with E-state index < -0.39 is 49.8 Å². The van der Waals surface area contributed by atoms with Gasteiger partial charge in [0, 0.05) is 48.3 Å². The van der Waals surface area contributed by atoms with Crippen molar-refractivity contribution in [3.63, 3.8) is 0 Å². The molecule has 0 bridgehead atoms. The first kappa shape index (κ1) is 12.3. The highest BCUT2D eigenvalue weighted by Gasteiger charge is 2.34. The Hall–Kier alpha value is -2.41. The second-order valence-electron chi connectivity index (χ2n) is 6.88. The summed E-state index contributed by atoms with van der Waals surface area (Å²) in [6.45, 7) is -11.2. The first-order valence-electron chi connectivity index (χ1n) is 13.2. The van der Waals surface area contributed by atoms with Gasteiger partial charge in [0.2, 0.25) is 5.91 Å². The molecule has 1 saturated heterocycles. The molecule has 1 aliphatic heterocycles. The van der Waals surface area contributed by atoms with Crippen molar-refractivity contribution in [2.75, 3.05) is 30.9 Å². The van der Waals surface area contributed by atoms with Gasteiger partial charge in [-0.15, -0.1) is 0 Å². The van der Waals surface area contributed by atoms with Crippen molar-refractivity contribution in [3.8, 4) is 0 Å². The van der Waals surface area contributed by atoms with Gasteiger partial charge in [-0.1, -0.05) is 28.1 Å². The van der Waals surface area contributed by atoms with Crippen LogP contribution in [0.15, 0.2) is 47.1 Å². The number of hydrogen-bond donors (Lipinski definition) is 1. The van der Waals surface area contributed by atoms with E-state index in [2.05, 4.69) is 26.2 Å². The van der Waals surface area contributed by atoms with Crippen LogP contribution in [-0.2, 0) is 4.79 Å². The van der Waals surface area contributed by atoms with Crippen LogP contribution in [0.2, 0.25) is 0 Å². The molecule has 29 heavy (non-hydrogen) atoms. The van der Waals surface area contributed by atoms with Crippen molar-refractivity contribution in [2.45, 2.75) is 25.8 Å². The summed E-state index contributed by atoms with van der Waals surface area (Å²) in [6, 6.07) is 9.07. The van der Waals surface area contributed by atoms with Crippen LogP contribution < -0.4 is 10.2 Å². The first-order valence-corrected chi connectivity index (χ1v) is 9.99. The summed E-state index contributed by atoms with van der Waals surface area (Å²) in [5.74, 6) is -2.29. The van der Waals surface area contributed by atoms with E-state index in [0.717, 1.165) is 28.4 Å². The third-order valence-electron chi connectivity index (χ3n) is 4.65. The second-order valence-corrected chi connectivity index (χ2v) is 7.79. The van der Waals surface area contributed by atoms with E-state index in [1.54, 1.807) is 6.92 Å². The lowest BCUT2D eigenvalue weighted by molar-refractivity contribution is -0.132. The monoisotopic (exact) mass is 464 g/mol. The number of amides is 2. The van der Waals surface area contributed by atoms with E-state index in [-0.39, 0.29) is 16.3 Å². The molecule has 0 spiro atoms. The zero-order valence-electron chi connectivity index (χ0n) is 23.6. The molecule has 0 radical (unpaired) electrons. The van der Waals surface area contributed by atoms with Crippen LogP contribution in [0.25, 0.3) is 0 Å². The number of piperazine rings is 1. The number of pyridine rings is 1. The lowest BCUT2D eigenvalue weighted by atomic mass is 10.1. The van der Waals surface area contributed by atoms with Gasteiger partial charge in [-0.3, -0.25) is 14.6 Å². The number of carbonyl (C=O) groups is 2. The van der Waals surface area contributed by atoms with E-state index in [4.69, 9.17) is 11.0 Å². The van der Waals surface area contributed by atoms with Gasteiger partial charge in [0.05, 0.1) is 17.0 Å². The van der Waals surface area contributed by atoms with Crippen LogP contribution in [0.1, 0.15) is 52.8 Å². The molecule has 7 heteroatoms. The Bertz CT molecular complexity index is 1200. The van der Waals surface area contributed by atoms with Crippen LogP contribution in [0.3, 0.4) is 0 Å². The largest absolute Gasteiger partial charge is 0.368 e. The van der Waals surface area contributed by atoms with Crippen molar-refractivity contribution in [2.24, 2.45) is 5.92 Å². The number of carbonyl (C=O) groups excluding carboxylic acids is 2. The highest BCUT2D eigenvalue weighted by atomic mass is 79.9. The molecular weight excluding hydrogens is 432 g/mol. The summed E-state index contributed by atoms with van der Waals surface area (Å²) in [7, 11) is 0. The maximum Gasteiger partial charge on any atom is 0.270 e. The minimum absolute atomic E-state index is 0.0723. The number of hydrogen-bond acceptors (Lipinski definition) is 4. The van der Waals surface area contributed by atoms with Gasteiger partial charge in [-0.2, -0.15) is 0 Å². The maximum absolute atomic E-state index is 12.9. The standard InChI is InChI=1S/C22H25BrN4O2/c1-15(16-4-6-18(23)7-5-16)25-21(28)20-14-19(8-9-24-20)26-10-12-27(13-11-26)22(29)17-2-3-17/h4-9,14-15,17H,2-3,10-13H2,1H3,(H,25,28)/t15-/m1/s1/i10D2,11D2,12D2,13D2. The van der Waals surface area contributed by atoms with E-state index in [1.165, 1.54) is 0 Å². The lowest BCUT2D eigenvalue weighted by Gasteiger charge is -2.36. The zero-order valence-corrected chi connectivity index (χ0v) is 17.2. The fraction of sp³-hybridized carbons (Fsp3) is 0.409. The van der Waals surface area contributed by atoms with E-state index in [9.17, 15) is 9.59 Å². The molecule has 6 nitrogen and oxygen atoms in total. The third-order valence-corrected chi connectivity index (χ3v) is 5.17. The summed E-state index contributed by atoms with van der Waals surface area (Å²) in [5, 5.41) is 2.75. The number of nitrogens with zero attached hydrogens (tertiary/aromatic N) is 3. The third kappa shape index (κ3) is 4.78. The van der Waals surface area contributed by atoms with Crippen molar-refractivity contribution in [1.82, 2.24) is 15.2 Å². The zero-order chi connectivity index (χ0) is 27.6. The molecule has 1 N–H and O–H groups in total. The molecule has 2 aliphatic rings. The maximum atomic E-state index is 12.9. The van der Waals surface area contributed by atoms with Gasteiger partial charge in [0.25, 0.3) is 5.91 Å². The summed E-state index contributed by atoms with van der Waals surface area (Å²) in [4.78, 5) is 30.1. The lowest BCUT2D eigenvalue weighted by Crippen LogP contribution is -2.49. The quantitative estimate of drug-likeness (QED) is 0.736. The molecule has 152 valence electrons. The smallest absolute Gasteiger partial charge is 0.270 e. The van der Waals surface area contributed by atoms with E-state index in [0.29, 0.717) is 17.7 Å². The molecule has 0 unspecified atom stereocenters. The molecule has 1 saturated carbocycles. The summed E-state index contributed by atoms with van der Waals surface area (Å²) >= 11 is 3.35. The summed E-state index contributed by atoms with van der Waals surface area (Å²) < 4.78 is 68.8. The van der Waals surface area contributed by atoms with E-state index >= 15 is 0 Å². The predicted molar refractivity (Wildman–Crippen MR) is 116 cm³/mol. The second kappa shape index (κ2) is 8.53. The molecule has 2 amide bonds. The Morgan fingerprint density at radius 1 is 1.17 bits per heavy atom. The van der Waals surface area contributed by atoms with Gasteiger partial charge >= 0.3 is 0 Å². The number of halogens is 1. The van der Waals surface area contributed by atoms with Crippen LogP contribution in [0.5, 0.6) is 0 Å². The fourth-order valence-corrected chi connectivity index (χ4v) is 3.06. The molecule has 2 fully saturated rings. The van der Waals surface area contributed by atoms with Crippen LogP contribution in [-0.4, -0.2) is 47.7 Å². The molecule has 1 atom stereocenters. The van der Waals surface area contributed by atoms with Crippen molar-refractivity contribution in [1.29, 1.82) is 0 Å². The Balaban J connectivity index is 1.69. The van der Waals surface area contributed by atoms with Gasteiger partial charge in [0.15, 0.2) is 0 Å². The van der Waals surface area contributed by atoms with Crippen LogP contribution >= 0.6 is 15.9 Å². The predicted octanol–water partition coefficient (Wildman–Crippen LogP) is 3.39. The SMILES string of the molecule is [2H]C1([2H])N(C(=O)C2CC2)C([2H])([2H])C([2H])([2H])N(c2ccnc(C(=O)N[C@H](C)c3ccc(Br)cc3)c2)C1([2H])[2H]. The van der Waals surface area contributed by atoms with Gasteiger partial charge in [-0.05, 0) is 49.6 Å². The summed E-state index contributed by atoms with van der Waals surface area (Å²) in [6.07, 6.45) is 1.94. The Labute approximate surface area is 190 Å². The Morgan fingerprint density at radius 2 is 1.86 bits per heavy atom. The molecule has 4 rings (SSSR count). The minimum Gasteiger partial charge on any atom is -0.368 e. The number of benzene rings is 1. The van der Waals surface area contributed by atoms with Crippen molar-refractivity contribution >= 4 is 33.4 Å². The normalized spacial score (nSPS) is 28.8. The van der Waals surface area contributed by atoms with Crippen LogP contribution in [0, 0.1) is 5.92 Å². The van der Waals surface area contributed by atoms with Crippen molar-refractivity contribution in [3.05, 3.63) is 58.3 Å². The molecule has 1 aromatic heterocycles. The van der Waals surface area contributed by atoms with Crippen molar-refractivity contribution < 1.29 is 20.6 Å². The highest BCUT2D eigenvalue weighted by molar-refractivity contribution is 9.10. The topological polar surface area (TPSA) is 65.5 Å². The number of rotatable bonds is 5. The molecule has 2 heterocycles. The average molecular weight is 465 g/mol. The molecular formula is C22H25BrN4O2. The summed E-state index contributed by atoms with van der Waals surface area (Å²) in [5.41, 5.74) is 0.293. The number of nitrogens with one attached hydrogen (secondary N) is 1. The van der Waals surface area contributed by atoms with Gasteiger partial charge in [-0.25, -0.2) is 0 Å². The Morgan fingerprint density at radius 3 is 2.52 bits per heavy atom.